The maximum Gasteiger partial charge on any atom is 0.203 e. The van der Waals surface area contributed by atoms with E-state index in [1.54, 1.807) is 0 Å². The molecule has 0 aliphatic heterocycles. The summed E-state index contributed by atoms with van der Waals surface area (Å²) in [6.45, 7) is 5.60. The van der Waals surface area contributed by atoms with E-state index in [0.717, 1.165) is 12.5 Å². The number of aromatic nitrogens is 2. The van der Waals surface area contributed by atoms with Crippen molar-refractivity contribution in [1.82, 2.24) is 14.5 Å². The minimum atomic E-state index is 0.472. The minimum absolute atomic E-state index is 0.472. The van der Waals surface area contributed by atoms with E-state index in [2.05, 4.69) is 53.9 Å². The van der Waals surface area contributed by atoms with Crippen LogP contribution in [0.4, 0.5) is 5.95 Å². The van der Waals surface area contributed by atoms with Crippen LogP contribution in [0.5, 0.6) is 0 Å². The van der Waals surface area contributed by atoms with Crippen LogP contribution in [0.15, 0.2) is 12.4 Å². The molecule has 2 rings (SSSR count). The van der Waals surface area contributed by atoms with E-state index in [-0.39, 0.29) is 0 Å². The van der Waals surface area contributed by atoms with Gasteiger partial charge in [0.05, 0.1) is 0 Å². The highest BCUT2D eigenvalue weighted by Gasteiger charge is 2.26. The van der Waals surface area contributed by atoms with Crippen molar-refractivity contribution < 1.29 is 0 Å². The Morgan fingerprint density at radius 3 is 2.72 bits per heavy atom. The SMILES string of the molecule is CC(C)CC(CN(C)C)Nc1nccn1C1CC1. The first-order chi connectivity index (χ1) is 8.56. The molecule has 4 heteroatoms. The molecule has 18 heavy (non-hydrogen) atoms. The zero-order valence-corrected chi connectivity index (χ0v) is 12.1. The lowest BCUT2D eigenvalue weighted by molar-refractivity contribution is 0.355. The van der Waals surface area contributed by atoms with Gasteiger partial charge in [0, 0.05) is 31.0 Å². The van der Waals surface area contributed by atoms with Crippen LogP contribution in [0.3, 0.4) is 0 Å². The standard InChI is InChI=1S/C14H26N4/c1-11(2)9-12(10-17(3)4)16-14-15-7-8-18(14)13-5-6-13/h7-8,11-13H,5-6,9-10H2,1-4H3,(H,15,16). The Balaban J connectivity index is 1.99. The second-order valence-electron chi connectivity index (χ2n) is 6.12. The van der Waals surface area contributed by atoms with E-state index in [1.807, 2.05) is 6.20 Å². The molecule has 0 saturated heterocycles. The topological polar surface area (TPSA) is 33.1 Å². The van der Waals surface area contributed by atoms with Gasteiger partial charge < -0.3 is 14.8 Å². The lowest BCUT2D eigenvalue weighted by atomic mass is 10.0. The molecule has 1 saturated carbocycles. The molecule has 1 N–H and O–H groups in total. The van der Waals surface area contributed by atoms with Crippen molar-refractivity contribution in [3.63, 3.8) is 0 Å². The normalized spacial score (nSPS) is 17.4. The van der Waals surface area contributed by atoms with Gasteiger partial charge in [0.25, 0.3) is 0 Å². The summed E-state index contributed by atoms with van der Waals surface area (Å²) in [6, 6.07) is 1.16. The minimum Gasteiger partial charge on any atom is -0.352 e. The summed E-state index contributed by atoms with van der Waals surface area (Å²) in [5, 5.41) is 3.62. The lowest BCUT2D eigenvalue weighted by Gasteiger charge is -2.24. The molecule has 4 nitrogen and oxygen atoms in total. The number of nitrogens with zero attached hydrogens (tertiary/aromatic N) is 3. The van der Waals surface area contributed by atoms with Gasteiger partial charge in [-0.15, -0.1) is 0 Å². The van der Waals surface area contributed by atoms with Crippen LogP contribution in [-0.2, 0) is 0 Å². The quantitative estimate of drug-likeness (QED) is 0.807. The predicted molar refractivity (Wildman–Crippen MR) is 75.9 cm³/mol. The molecule has 1 aromatic heterocycles. The van der Waals surface area contributed by atoms with Crippen LogP contribution >= 0.6 is 0 Å². The van der Waals surface area contributed by atoms with Crippen molar-refractivity contribution in [3.05, 3.63) is 12.4 Å². The van der Waals surface area contributed by atoms with E-state index in [4.69, 9.17) is 0 Å². The molecule has 0 aromatic carbocycles. The second-order valence-corrected chi connectivity index (χ2v) is 6.12. The van der Waals surface area contributed by atoms with Gasteiger partial charge in [-0.1, -0.05) is 13.8 Å². The van der Waals surface area contributed by atoms with Gasteiger partial charge in [-0.25, -0.2) is 4.98 Å². The van der Waals surface area contributed by atoms with Gasteiger partial charge >= 0.3 is 0 Å². The lowest BCUT2D eigenvalue weighted by Crippen LogP contribution is -2.34. The summed E-state index contributed by atoms with van der Waals surface area (Å²) < 4.78 is 2.29. The van der Waals surface area contributed by atoms with E-state index >= 15 is 0 Å². The van der Waals surface area contributed by atoms with Gasteiger partial charge in [-0.3, -0.25) is 0 Å². The molecular weight excluding hydrogens is 224 g/mol. The van der Waals surface area contributed by atoms with Gasteiger partial charge in [-0.05, 0) is 39.3 Å². The maximum absolute atomic E-state index is 4.47. The molecule has 0 bridgehead atoms. The molecular formula is C14H26N4. The fourth-order valence-corrected chi connectivity index (χ4v) is 2.44. The number of hydrogen-bond donors (Lipinski definition) is 1. The van der Waals surface area contributed by atoms with Gasteiger partial charge in [-0.2, -0.15) is 0 Å². The van der Waals surface area contributed by atoms with Crippen molar-refractivity contribution in [2.75, 3.05) is 26.0 Å². The number of imidazole rings is 1. The van der Waals surface area contributed by atoms with Crippen LogP contribution < -0.4 is 5.32 Å². The summed E-state index contributed by atoms with van der Waals surface area (Å²) >= 11 is 0. The molecule has 1 unspecified atom stereocenters. The monoisotopic (exact) mass is 250 g/mol. The van der Waals surface area contributed by atoms with Crippen LogP contribution in [0.25, 0.3) is 0 Å². The average Bonchev–Trinajstić information content (AvgIpc) is 2.98. The van der Waals surface area contributed by atoms with Crippen molar-refractivity contribution in [1.29, 1.82) is 0 Å². The fraction of sp³-hybridized carbons (Fsp3) is 0.786. The third-order valence-corrected chi connectivity index (χ3v) is 3.28. The smallest absolute Gasteiger partial charge is 0.203 e. The van der Waals surface area contributed by atoms with E-state index in [0.29, 0.717) is 18.0 Å². The van der Waals surface area contributed by atoms with Crippen LogP contribution in [-0.4, -0.2) is 41.1 Å². The van der Waals surface area contributed by atoms with Crippen LogP contribution in [0.1, 0.15) is 39.2 Å². The number of nitrogens with one attached hydrogen (secondary N) is 1. The Hall–Kier alpha value is -1.03. The average molecular weight is 250 g/mol. The number of rotatable bonds is 7. The largest absolute Gasteiger partial charge is 0.352 e. The van der Waals surface area contributed by atoms with E-state index < -0.39 is 0 Å². The van der Waals surface area contributed by atoms with Crippen molar-refractivity contribution in [2.45, 2.75) is 45.2 Å². The molecule has 1 aliphatic carbocycles. The van der Waals surface area contributed by atoms with Crippen LogP contribution in [0.2, 0.25) is 0 Å². The molecule has 1 heterocycles. The molecule has 0 radical (unpaired) electrons. The molecule has 1 aromatic rings. The van der Waals surface area contributed by atoms with E-state index in [1.165, 1.54) is 19.3 Å². The molecule has 1 atom stereocenters. The highest BCUT2D eigenvalue weighted by Crippen LogP contribution is 2.36. The summed E-state index contributed by atoms with van der Waals surface area (Å²) in [5.41, 5.74) is 0. The Labute approximate surface area is 110 Å². The van der Waals surface area contributed by atoms with Gasteiger partial charge in [0.2, 0.25) is 5.95 Å². The first kappa shape index (κ1) is 13.4. The summed E-state index contributed by atoms with van der Waals surface area (Å²) in [6.07, 6.45) is 7.78. The van der Waals surface area contributed by atoms with Gasteiger partial charge in [0.1, 0.15) is 0 Å². The molecule has 102 valence electrons. The first-order valence-corrected chi connectivity index (χ1v) is 7.00. The number of hydrogen-bond acceptors (Lipinski definition) is 3. The summed E-state index contributed by atoms with van der Waals surface area (Å²) in [5.74, 6) is 1.75. The second kappa shape index (κ2) is 5.74. The van der Waals surface area contributed by atoms with Crippen molar-refractivity contribution >= 4 is 5.95 Å². The first-order valence-electron chi connectivity index (χ1n) is 7.00. The van der Waals surface area contributed by atoms with Crippen LogP contribution in [0, 0.1) is 5.92 Å². The Bertz CT molecular complexity index is 356. The number of likely N-dealkylation sites (N-methyl/N-ethyl adjacent to an activating group) is 1. The van der Waals surface area contributed by atoms with Gasteiger partial charge in [0.15, 0.2) is 0 Å². The summed E-state index contributed by atoms with van der Waals surface area (Å²) in [4.78, 5) is 6.71. The van der Waals surface area contributed by atoms with Crippen molar-refractivity contribution in [2.24, 2.45) is 5.92 Å². The fourth-order valence-electron chi connectivity index (χ4n) is 2.44. The molecule has 1 fully saturated rings. The third kappa shape index (κ3) is 3.73. The molecule has 0 spiro atoms. The highest BCUT2D eigenvalue weighted by molar-refractivity contribution is 5.29. The zero-order valence-electron chi connectivity index (χ0n) is 12.1. The highest BCUT2D eigenvalue weighted by atomic mass is 15.2. The zero-order chi connectivity index (χ0) is 13.1. The molecule has 1 aliphatic rings. The molecule has 0 amide bonds. The summed E-state index contributed by atoms with van der Waals surface area (Å²) in [7, 11) is 4.25. The number of anilines is 1. The third-order valence-electron chi connectivity index (χ3n) is 3.28. The maximum atomic E-state index is 4.47. The Kier molecular flexibility index (Phi) is 4.27. The van der Waals surface area contributed by atoms with Crippen molar-refractivity contribution in [3.8, 4) is 0 Å². The van der Waals surface area contributed by atoms with E-state index in [9.17, 15) is 0 Å². The Morgan fingerprint density at radius 1 is 1.44 bits per heavy atom. The Morgan fingerprint density at radius 2 is 2.17 bits per heavy atom. The predicted octanol–water partition coefficient (Wildman–Crippen LogP) is 2.61.